The van der Waals surface area contributed by atoms with E-state index in [0.29, 0.717) is 26.3 Å². The molecule has 8 heteroatoms. The van der Waals surface area contributed by atoms with E-state index in [1.165, 1.54) is 18.2 Å². The summed E-state index contributed by atoms with van der Waals surface area (Å²) in [5, 5.41) is 14.0. The van der Waals surface area contributed by atoms with E-state index < -0.39 is 16.8 Å². The van der Waals surface area contributed by atoms with Crippen LogP contribution in [0.15, 0.2) is 18.2 Å². The zero-order chi connectivity index (χ0) is 17.7. The summed E-state index contributed by atoms with van der Waals surface area (Å²) in [4.78, 5) is 24.8. The first-order chi connectivity index (χ1) is 11.4. The van der Waals surface area contributed by atoms with Crippen molar-refractivity contribution >= 4 is 11.6 Å². The lowest BCUT2D eigenvalue weighted by atomic mass is 10.0. The molecule has 1 fully saturated rings. The van der Waals surface area contributed by atoms with Gasteiger partial charge in [-0.1, -0.05) is 19.9 Å². The normalized spacial score (nSPS) is 16.2. The summed E-state index contributed by atoms with van der Waals surface area (Å²) in [6, 6.07) is 3.20. The number of carbonyl (C=O) groups excluding carboxylic acids is 1. The minimum atomic E-state index is -0.655. The van der Waals surface area contributed by atoms with Crippen molar-refractivity contribution in [3.63, 3.8) is 0 Å². The number of nitro benzene ring substituents is 1. The third-order valence-corrected chi connectivity index (χ3v) is 4.05. The van der Waals surface area contributed by atoms with Gasteiger partial charge in [-0.3, -0.25) is 14.9 Å². The Morgan fingerprint density at radius 1 is 1.42 bits per heavy atom. The monoisotopic (exact) mass is 339 g/mol. The molecule has 1 aromatic carbocycles. The molecule has 1 aromatic rings. The number of halogens is 1. The lowest BCUT2D eigenvalue weighted by molar-refractivity contribution is -0.385. The van der Waals surface area contributed by atoms with E-state index in [-0.39, 0.29) is 29.6 Å². The molecule has 0 spiro atoms. The number of benzene rings is 1. The molecule has 1 N–H and O–H groups in total. The smallest absolute Gasteiger partial charge is 0.276 e. The maximum Gasteiger partial charge on any atom is 0.276 e. The van der Waals surface area contributed by atoms with E-state index in [1.54, 1.807) is 4.90 Å². The molecule has 2 rings (SSSR count). The van der Waals surface area contributed by atoms with Gasteiger partial charge >= 0.3 is 0 Å². The second-order valence-corrected chi connectivity index (χ2v) is 6.03. The molecule has 1 saturated heterocycles. The first-order valence-corrected chi connectivity index (χ1v) is 7.93. The van der Waals surface area contributed by atoms with Crippen molar-refractivity contribution in [2.45, 2.75) is 26.4 Å². The molecule has 0 radical (unpaired) electrons. The second kappa shape index (κ2) is 8.16. The largest absolute Gasteiger partial charge is 0.378 e. The molecule has 132 valence electrons. The molecule has 1 aliphatic heterocycles. The van der Waals surface area contributed by atoms with Crippen LogP contribution in [0, 0.1) is 21.8 Å². The highest BCUT2D eigenvalue weighted by atomic mass is 19.1. The van der Waals surface area contributed by atoms with Gasteiger partial charge in [0, 0.05) is 25.7 Å². The van der Waals surface area contributed by atoms with E-state index in [9.17, 15) is 19.3 Å². The summed E-state index contributed by atoms with van der Waals surface area (Å²) in [6.07, 6.45) is 0. The van der Waals surface area contributed by atoms with Gasteiger partial charge in [-0.05, 0) is 12.0 Å². The molecule has 0 aromatic heterocycles. The summed E-state index contributed by atoms with van der Waals surface area (Å²) >= 11 is 0. The Morgan fingerprint density at radius 3 is 2.67 bits per heavy atom. The van der Waals surface area contributed by atoms with Crippen LogP contribution in [0.1, 0.15) is 19.4 Å². The average Bonchev–Trinajstić information content (AvgIpc) is 2.56. The number of carbonyl (C=O) groups is 1. The molecule has 0 bridgehead atoms. The average molecular weight is 339 g/mol. The van der Waals surface area contributed by atoms with Gasteiger partial charge in [-0.15, -0.1) is 0 Å². The van der Waals surface area contributed by atoms with Gasteiger partial charge in [0.05, 0.1) is 29.7 Å². The minimum Gasteiger partial charge on any atom is -0.378 e. The lowest BCUT2D eigenvalue weighted by Gasteiger charge is -2.32. The summed E-state index contributed by atoms with van der Waals surface area (Å²) in [5.74, 6) is -0.781. The highest BCUT2D eigenvalue weighted by Crippen LogP contribution is 2.21. The van der Waals surface area contributed by atoms with Crippen molar-refractivity contribution in [3.8, 4) is 0 Å². The number of nitrogens with zero attached hydrogens (tertiary/aromatic N) is 2. The van der Waals surface area contributed by atoms with Crippen molar-refractivity contribution < 1.29 is 18.8 Å². The number of nitro groups is 1. The van der Waals surface area contributed by atoms with Crippen LogP contribution in [0.4, 0.5) is 10.1 Å². The molecule has 0 aliphatic carbocycles. The Bertz CT molecular complexity index is 603. The Morgan fingerprint density at radius 2 is 2.08 bits per heavy atom. The number of ether oxygens (including phenoxy) is 1. The molecular weight excluding hydrogens is 317 g/mol. The molecule has 1 heterocycles. The van der Waals surface area contributed by atoms with Crippen LogP contribution < -0.4 is 5.32 Å². The maximum absolute atomic E-state index is 14.0. The molecule has 24 heavy (non-hydrogen) atoms. The molecule has 1 atom stereocenters. The Kier molecular flexibility index (Phi) is 6.22. The summed E-state index contributed by atoms with van der Waals surface area (Å²) in [5.41, 5.74) is -0.327. The zero-order valence-corrected chi connectivity index (χ0v) is 13.8. The number of rotatable bonds is 6. The molecule has 1 aliphatic rings. The Balaban J connectivity index is 2.12. The van der Waals surface area contributed by atoms with Crippen LogP contribution in [0.3, 0.4) is 0 Å². The fourth-order valence-corrected chi connectivity index (χ4v) is 2.69. The van der Waals surface area contributed by atoms with Crippen molar-refractivity contribution in [3.05, 3.63) is 39.7 Å². The first kappa shape index (κ1) is 18.3. The van der Waals surface area contributed by atoms with E-state index in [0.717, 1.165) is 0 Å². The van der Waals surface area contributed by atoms with Crippen LogP contribution in [0.2, 0.25) is 0 Å². The fourth-order valence-electron chi connectivity index (χ4n) is 2.69. The fraction of sp³-hybridized carbons (Fsp3) is 0.562. The van der Waals surface area contributed by atoms with Gasteiger partial charge in [0.15, 0.2) is 0 Å². The van der Waals surface area contributed by atoms with E-state index in [2.05, 4.69) is 5.32 Å². The lowest BCUT2D eigenvalue weighted by Crippen LogP contribution is -2.52. The number of morpholine rings is 1. The van der Waals surface area contributed by atoms with Crippen molar-refractivity contribution in [2.75, 3.05) is 26.3 Å². The van der Waals surface area contributed by atoms with Gasteiger partial charge in [0.2, 0.25) is 5.91 Å². The Hall–Kier alpha value is -2.06. The predicted molar refractivity (Wildman–Crippen MR) is 85.9 cm³/mol. The number of amides is 1. The zero-order valence-electron chi connectivity index (χ0n) is 13.8. The van der Waals surface area contributed by atoms with Gasteiger partial charge < -0.3 is 15.0 Å². The van der Waals surface area contributed by atoms with Crippen LogP contribution in [0.5, 0.6) is 0 Å². The molecule has 0 saturated carbocycles. The van der Waals surface area contributed by atoms with Crippen LogP contribution in [-0.4, -0.2) is 48.1 Å². The highest BCUT2D eigenvalue weighted by molar-refractivity contribution is 5.82. The minimum absolute atomic E-state index is 0.0359. The molecule has 0 unspecified atom stereocenters. The van der Waals surface area contributed by atoms with Gasteiger partial charge in [0.1, 0.15) is 5.82 Å². The van der Waals surface area contributed by atoms with Crippen LogP contribution >= 0.6 is 0 Å². The topological polar surface area (TPSA) is 84.7 Å². The number of hydrogen-bond donors (Lipinski definition) is 1. The van der Waals surface area contributed by atoms with E-state index in [4.69, 9.17) is 4.74 Å². The summed E-state index contributed by atoms with van der Waals surface area (Å²) < 4.78 is 19.2. The number of hydrogen-bond acceptors (Lipinski definition) is 5. The molecular formula is C16H22FN3O4. The van der Waals surface area contributed by atoms with E-state index in [1.807, 2.05) is 13.8 Å². The van der Waals surface area contributed by atoms with Crippen molar-refractivity contribution in [1.29, 1.82) is 0 Å². The number of nitrogens with one attached hydrogen (secondary N) is 1. The van der Waals surface area contributed by atoms with Gasteiger partial charge in [0.25, 0.3) is 5.69 Å². The second-order valence-electron chi connectivity index (χ2n) is 6.03. The van der Waals surface area contributed by atoms with Gasteiger partial charge in [-0.2, -0.15) is 0 Å². The Labute approximate surface area is 139 Å². The van der Waals surface area contributed by atoms with Crippen molar-refractivity contribution in [2.24, 2.45) is 5.92 Å². The van der Waals surface area contributed by atoms with E-state index >= 15 is 0 Å². The summed E-state index contributed by atoms with van der Waals surface area (Å²) in [7, 11) is 0. The standard InChI is InChI=1S/C16H22FN3O4/c1-11(2)15(16(21)19-6-8-24-9-7-19)18-10-12-13(17)4-3-5-14(12)20(22)23/h3-5,11,15,18H,6-10H2,1-2H3/t15-/m0/s1. The quantitative estimate of drug-likeness (QED) is 0.630. The third kappa shape index (κ3) is 4.27. The van der Waals surface area contributed by atoms with Crippen molar-refractivity contribution in [1.82, 2.24) is 10.2 Å². The van der Waals surface area contributed by atoms with Crippen LogP contribution in [0.25, 0.3) is 0 Å². The highest BCUT2D eigenvalue weighted by Gasteiger charge is 2.29. The summed E-state index contributed by atoms with van der Waals surface area (Å²) in [6.45, 7) is 5.71. The third-order valence-electron chi connectivity index (χ3n) is 4.05. The van der Waals surface area contributed by atoms with Gasteiger partial charge in [-0.25, -0.2) is 4.39 Å². The first-order valence-electron chi connectivity index (χ1n) is 7.93. The SMILES string of the molecule is CC(C)[C@H](NCc1c(F)cccc1[N+](=O)[O-])C(=O)N1CCOCC1. The maximum atomic E-state index is 14.0. The van der Waals surface area contributed by atoms with Crippen LogP contribution in [-0.2, 0) is 16.1 Å². The molecule has 1 amide bonds. The molecule has 7 nitrogen and oxygen atoms in total. The predicted octanol–water partition coefficient (Wildman–Crippen LogP) is 1.71.